The summed E-state index contributed by atoms with van der Waals surface area (Å²) in [6.07, 6.45) is 2.05. The topological polar surface area (TPSA) is 20.2 Å². The zero-order valence-electron chi connectivity index (χ0n) is 8.47. The molecule has 1 rings (SSSR count). The van der Waals surface area contributed by atoms with Crippen LogP contribution in [0.25, 0.3) is 0 Å². The van der Waals surface area contributed by atoms with Gasteiger partial charge in [0.1, 0.15) is 0 Å². The van der Waals surface area contributed by atoms with Gasteiger partial charge in [0.25, 0.3) is 0 Å². The van der Waals surface area contributed by atoms with E-state index in [1.165, 1.54) is 4.90 Å². The predicted octanol–water partition coefficient (Wildman–Crippen LogP) is 3.32. The summed E-state index contributed by atoms with van der Waals surface area (Å²) in [6, 6.07) is 10.1. The first kappa shape index (κ1) is 12.6. The largest absolute Gasteiger partial charge is 0.392 e. The molecule has 0 aromatic heterocycles. The van der Waals surface area contributed by atoms with Gasteiger partial charge in [0.2, 0.25) is 0 Å². The maximum Gasteiger partial charge on any atom is 0.0689 e. The Labute approximate surface area is 100 Å². The van der Waals surface area contributed by atoms with E-state index in [1.807, 2.05) is 36.4 Å². The minimum atomic E-state index is -0.453. The van der Waals surface area contributed by atoms with Gasteiger partial charge in [-0.05, 0) is 18.6 Å². The van der Waals surface area contributed by atoms with Crippen LogP contribution < -0.4 is 0 Å². The van der Waals surface area contributed by atoms with E-state index in [9.17, 15) is 5.11 Å². The van der Waals surface area contributed by atoms with Gasteiger partial charge in [-0.3, -0.25) is 0 Å². The molecule has 0 heterocycles. The third kappa shape index (κ3) is 4.74. The highest BCUT2D eigenvalue weighted by molar-refractivity contribution is 8.00. The van der Waals surface area contributed by atoms with Crippen molar-refractivity contribution in [2.45, 2.75) is 22.7 Å². The first-order valence-electron chi connectivity index (χ1n) is 4.84. The lowest BCUT2D eigenvalue weighted by atomic mass is 10.2. The summed E-state index contributed by atoms with van der Waals surface area (Å²) in [5.41, 5.74) is 0. The van der Waals surface area contributed by atoms with E-state index in [-0.39, 0.29) is 11.1 Å². The first-order chi connectivity index (χ1) is 7.26. The van der Waals surface area contributed by atoms with Crippen LogP contribution in [-0.4, -0.2) is 22.3 Å². The van der Waals surface area contributed by atoms with E-state index in [2.05, 4.69) is 6.58 Å². The molecule has 2 unspecified atom stereocenters. The van der Waals surface area contributed by atoms with Crippen molar-refractivity contribution in [3.63, 3.8) is 0 Å². The Balaban J connectivity index is 2.50. The van der Waals surface area contributed by atoms with Crippen molar-refractivity contribution in [2.24, 2.45) is 0 Å². The number of aliphatic hydroxyl groups is 1. The minimum Gasteiger partial charge on any atom is -0.392 e. The number of alkyl halides is 1. The lowest BCUT2D eigenvalue weighted by molar-refractivity contribution is 0.190. The van der Waals surface area contributed by atoms with Crippen LogP contribution in [0, 0.1) is 0 Å². The monoisotopic (exact) mass is 242 g/mol. The fourth-order valence-electron chi connectivity index (χ4n) is 1.20. The van der Waals surface area contributed by atoms with Crippen molar-refractivity contribution in [3.05, 3.63) is 43.0 Å². The van der Waals surface area contributed by atoms with Gasteiger partial charge in [-0.25, -0.2) is 0 Å². The summed E-state index contributed by atoms with van der Waals surface area (Å²) in [5.74, 6) is 0.277. The lowest BCUT2D eigenvalue weighted by Crippen LogP contribution is -2.14. The Morgan fingerprint density at radius 1 is 1.40 bits per heavy atom. The van der Waals surface area contributed by atoms with Crippen molar-refractivity contribution < 1.29 is 5.11 Å². The number of rotatable bonds is 6. The van der Waals surface area contributed by atoms with Gasteiger partial charge in [0.05, 0.1) is 6.10 Å². The molecule has 0 aliphatic carbocycles. The number of hydrogen-bond acceptors (Lipinski definition) is 2. The number of aliphatic hydroxyl groups excluding tert-OH is 1. The van der Waals surface area contributed by atoms with Gasteiger partial charge in [0, 0.05) is 16.0 Å². The zero-order chi connectivity index (χ0) is 11.1. The second-order valence-corrected chi connectivity index (χ2v) is 4.87. The van der Waals surface area contributed by atoms with Crippen molar-refractivity contribution in [1.82, 2.24) is 0 Å². The van der Waals surface area contributed by atoms with Crippen LogP contribution in [0.2, 0.25) is 0 Å². The van der Waals surface area contributed by atoms with Gasteiger partial charge in [-0.15, -0.1) is 29.9 Å². The SMILES string of the molecule is C=CC(CC(O)CCl)Sc1ccccc1. The maximum absolute atomic E-state index is 9.44. The van der Waals surface area contributed by atoms with Crippen molar-refractivity contribution >= 4 is 23.4 Å². The molecule has 0 aliphatic heterocycles. The summed E-state index contributed by atoms with van der Waals surface area (Å²) in [4.78, 5) is 1.18. The molecule has 0 aliphatic rings. The number of halogens is 1. The molecule has 1 aromatic rings. The number of benzene rings is 1. The highest BCUT2D eigenvalue weighted by Crippen LogP contribution is 2.26. The van der Waals surface area contributed by atoms with Gasteiger partial charge >= 0.3 is 0 Å². The number of thioether (sulfide) groups is 1. The van der Waals surface area contributed by atoms with Crippen LogP contribution in [0.15, 0.2) is 47.9 Å². The molecule has 15 heavy (non-hydrogen) atoms. The fraction of sp³-hybridized carbons (Fsp3) is 0.333. The molecule has 0 saturated heterocycles. The van der Waals surface area contributed by atoms with E-state index in [0.29, 0.717) is 6.42 Å². The van der Waals surface area contributed by atoms with E-state index >= 15 is 0 Å². The van der Waals surface area contributed by atoms with Crippen molar-refractivity contribution in [3.8, 4) is 0 Å². The van der Waals surface area contributed by atoms with Crippen LogP contribution in [-0.2, 0) is 0 Å². The molecular formula is C12H15ClOS. The molecule has 1 N–H and O–H groups in total. The molecule has 0 saturated carbocycles. The van der Waals surface area contributed by atoms with Gasteiger partial charge in [0.15, 0.2) is 0 Å². The summed E-state index contributed by atoms with van der Waals surface area (Å²) in [5, 5.41) is 9.65. The summed E-state index contributed by atoms with van der Waals surface area (Å²) in [6.45, 7) is 3.77. The molecule has 82 valence electrons. The summed E-state index contributed by atoms with van der Waals surface area (Å²) in [7, 11) is 0. The quantitative estimate of drug-likeness (QED) is 0.469. The van der Waals surface area contributed by atoms with Crippen LogP contribution in [0.5, 0.6) is 0 Å². The number of hydrogen-bond donors (Lipinski definition) is 1. The molecule has 0 fully saturated rings. The van der Waals surface area contributed by atoms with E-state index in [0.717, 1.165) is 0 Å². The smallest absolute Gasteiger partial charge is 0.0689 e. The van der Waals surface area contributed by atoms with Crippen molar-refractivity contribution in [2.75, 3.05) is 5.88 Å². The average molecular weight is 243 g/mol. The van der Waals surface area contributed by atoms with Crippen LogP contribution in [0.4, 0.5) is 0 Å². The Morgan fingerprint density at radius 2 is 2.07 bits per heavy atom. The Hall–Kier alpha value is -0.440. The molecule has 2 atom stereocenters. The van der Waals surface area contributed by atoms with Crippen LogP contribution in [0.1, 0.15) is 6.42 Å². The fourth-order valence-corrected chi connectivity index (χ4v) is 2.40. The maximum atomic E-state index is 9.44. The second kappa shape index (κ2) is 6.94. The standard InChI is InChI=1S/C12H15ClOS/c1-2-11(8-10(14)9-13)15-12-6-4-3-5-7-12/h2-7,10-11,14H,1,8-9H2. The molecule has 0 spiro atoms. The molecular weight excluding hydrogens is 228 g/mol. The van der Waals surface area contributed by atoms with E-state index in [4.69, 9.17) is 11.6 Å². The third-order valence-corrected chi connectivity index (χ3v) is 3.56. The average Bonchev–Trinajstić information content (AvgIpc) is 2.29. The summed E-state index contributed by atoms with van der Waals surface area (Å²) >= 11 is 7.26. The highest BCUT2D eigenvalue weighted by Gasteiger charge is 2.11. The first-order valence-corrected chi connectivity index (χ1v) is 6.26. The van der Waals surface area contributed by atoms with E-state index < -0.39 is 6.10 Å². The lowest BCUT2D eigenvalue weighted by Gasteiger charge is -2.14. The van der Waals surface area contributed by atoms with Gasteiger partial charge in [-0.1, -0.05) is 24.3 Å². The normalized spacial score (nSPS) is 14.5. The van der Waals surface area contributed by atoms with Crippen molar-refractivity contribution in [1.29, 1.82) is 0 Å². The molecule has 0 amide bonds. The van der Waals surface area contributed by atoms with Gasteiger partial charge in [-0.2, -0.15) is 0 Å². The van der Waals surface area contributed by atoms with Crippen LogP contribution in [0.3, 0.4) is 0 Å². The molecule has 3 heteroatoms. The predicted molar refractivity (Wildman–Crippen MR) is 67.6 cm³/mol. The molecule has 0 bridgehead atoms. The Kier molecular flexibility index (Phi) is 5.84. The molecule has 1 nitrogen and oxygen atoms in total. The minimum absolute atomic E-state index is 0.209. The highest BCUT2D eigenvalue weighted by atomic mass is 35.5. The van der Waals surface area contributed by atoms with Gasteiger partial charge < -0.3 is 5.11 Å². The second-order valence-electron chi connectivity index (χ2n) is 3.25. The Morgan fingerprint density at radius 3 is 2.60 bits per heavy atom. The Bertz CT molecular complexity index is 289. The third-order valence-electron chi connectivity index (χ3n) is 1.98. The zero-order valence-corrected chi connectivity index (χ0v) is 10.0. The summed E-state index contributed by atoms with van der Waals surface area (Å²) < 4.78 is 0. The van der Waals surface area contributed by atoms with E-state index in [1.54, 1.807) is 11.8 Å². The molecule has 1 aromatic carbocycles. The molecule has 0 radical (unpaired) electrons. The van der Waals surface area contributed by atoms with Crippen LogP contribution >= 0.6 is 23.4 Å².